The molecule has 0 fully saturated rings. The molecule has 0 bridgehead atoms. The maximum absolute atomic E-state index is 10.8. The standard InChI is InChI=1S/C9H5ClN2O2/c10-5-3-6(9(13)14)8-7(4-5)11-1-2-12-8/h1-4H,(H,13,14). The molecule has 2 rings (SSSR count). The number of hydrogen-bond acceptors (Lipinski definition) is 3. The Kier molecular flexibility index (Phi) is 2.05. The molecule has 5 heteroatoms. The Labute approximate surface area is 84.2 Å². The average Bonchev–Trinajstić information content (AvgIpc) is 2.16. The van der Waals surface area contributed by atoms with E-state index in [9.17, 15) is 4.79 Å². The van der Waals surface area contributed by atoms with Gasteiger partial charge in [-0.05, 0) is 12.1 Å². The average molecular weight is 209 g/mol. The van der Waals surface area contributed by atoms with Gasteiger partial charge in [0.15, 0.2) is 0 Å². The third-order valence-electron chi connectivity index (χ3n) is 1.77. The molecule has 0 radical (unpaired) electrons. The van der Waals surface area contributed by atoms with Crippen LogP contribution in [0.25, 0.3) is 11.0 Å². The molecule has 0 aliphatic heterocycles. The van der Waals surface area contributed by atoms with E-state index in [1.165, 1.54) is 18.5 Å². The van der Waals surface area contributed by atoms with E-state index in [0.717, 1.165) is 0 Å². The molecule has 1 aromatic carbocycles. The first-order valence-electron chi connectivity index (χ1n) is 3.82. The van der Waals surface area contributed by atoms with E-state index in [1.807, 2.05) is 0 Å². The minimum absolute atomic E-state index is 0.0700. The second kappa shape index (κ2) is 3.23. The lowest BCUT2D eigenvalue weighted by molar-refractivity contribution is 0.0699. The van der Waals surface area contributed by atoms with Gasteiger partial charge < -0.3 is 5.11 Å². The van der Waals surface area contributed by atoms with Crippen LogP contribution in [0.5, 0.6) is 0 Å². The van der Waals surface area contributed by atoms with Crippen molar-refractivity contribution in [3.05, 3.63) is 35.1 Å². The lowest BCUT2D eigenvalue weighted by Crippen LogP contribution is -1.99. The predicted octanol–water partition coefficient (Wildman–Crippen LogP) is 1.98. The molecule has 0 spiro atoms. The van der Waals surface area contributed by atoms with Crippen LogP contribution < -0.4 is 0 Å². The van der Waals surface area contributed by atoms with Gasteiger partial charge >= 0.3 is 5.97 Å². The zero-order valence-electron chi connectivity index (χ0n) is 6.94. The maximum Gasteiger partial charge on any atom is 0.338 e. The van der Waals surface area contributed by atoms with Crippen LogP contribution in [0.15, 0.2) is 24.5 Å². The zero-order chi connectivity index (χ0) is 10.1. The van der Waals surface area contributed by atoms with Gasteiger partial charge in [0.25, 0.3) is 0 Å². The first-order chi connectivity index (χ1) is 6.68. The first kappa shape index (κ1) is 8.90. The molecule has 0 aliphatic carbocycles. The molecular formula is C9H5ClN2O2. The van der Waals surface area contributed by atoms with Crippen molar-refractivity contribution in [2.75, 3.05) is 0 Å². The van der Waals surface area contributed by atoms with Crippen LogP contribution >= 0.6 is 11.6 Å². The van der Waals surface area contributed by atoms with Crippen LogP contribution in [-0.2, 0) is 0 Å². The van der Waals surface area contributed by atoms with Crippen molar-refractivity contribution in [3.63, 3.8) is 0 Å². The minimum Gasteiger partial charge on any atom is -0.478 e. The molecular weight excluding hydrogens is 204 g/mol. The van der Waals surface area contributed by atoms with E-state index in [2.05, 4.69) is 9.97 Å². The lowest BCUT2D eigenvalue weighted by atomic mass is 10.2. The van der Waals surface area contributed by atoms with Crippen LogP contribution in [0.4, 0.5) is 0 Å². The summed E-state index contributed by atoms with van der Waals surface area (Å²) in [6, 6.07) is 2.94. The van der Waals surface area contributed by atoms with Crippen molar-refractivity contribution >= 4 is 28.6 Å². The minimum atomic E-state index is -1.06. The maximum atomic E-state index is 10.8. The van der Waals surface area contributed by atoms with E-state index in [-0.39, 0.29) is 5.56 Å². The Balaban J connectivity index is 2.87. The molecule has 2 aromatic rings. The molecule has 0 saturated heterocycles. The molecule has 0 unspecified atom stereocenters. The van der Waals surface area contributed by atoms with Gasteiger partial charge in [0.05, 0.1) is 11.1 Å². The Morgan fingerprint density at radius 1 is 1.29 bits per heavy atom. The summed E-state index contributed by atoms with van der Waals surface area (Å²) in [5.74, 6) is -1.06. The number of hydrogen-bond donors (Lipinski definition) is 1. The highest BCUT2D eigenvalue weighted by Gasteiger charge is 2.11. The van der Waals surface area contributed by atoms with Gasteiger partial charge in [0.1, 0.15) is 5.52 Å². The molecule has 0 atom stereocenters. The molecule has 1 heterocycles. The smallest absolute Gasteiger partial charge is 0.338 e. The van der Waals surface area contributed by atoms with Gasteiger partial charge in [-0.3, -0.25) is 9.97 Å². The van der Waals surface area contributed by atoms with Crippen molar-refractivity contribution in [1.82, 2.24) is 9.97 Å². The molecule has 14 heavy (non-hydrogen) atoms. The Morgan fingerprint density at radius 3 is 2.71 bits per heavy atom. The fraction of sp³-hybridized carbons (Fsp3) is 0. The molecule has 70 valence electrons. The number of halogens is 1. The zero-order valence-corrected chi connectivity index (χ0v) is 7.69. The first-order valence-corrected chi connectivity index (χ1v) is 4.20. The van der Waals surface area contributed by atoms with Gasteiger partial charge in [-0.25, -0.2) is 4.79 Å². The Bertz CT molecular complexity index is 513. The lowest BCUT2D eigenvalue weighted by Gasteiger charge is -2.00. The van der Waals surface area contributed by atoms with Crippen molar-refractivity contribution in [3.8, 4) is 0 Å². The van der Waals surface area contributed by atoms with Crippen LogP contribution in [0.1, 0.15) is 10.4 Å². The molecule has 0 amide bonds. The number of benzene rings is 1. The fourth-order valence-electron chi connectivity index (χ4n) is 1.20. The normalized spacial score (nSPS) is 10.4. The van der Waals surface area contributed by atoms with E-state index in [4.69, 9.17) is 16.7 Å². The summed E-state index contributed by atoms with van der Waals surface area (Å²) >= 11 is 5.74. The van der Waals surface area contributed by atoms with E-state index < -0.39 is 5.97 Å². The van der Waals surface area contributed by atoms with E-state index >= 15 is 0 Å². The molecule has 4 nitrogen and oxygen atoms in total. The van der Waals surface area contributed by atoms with E-state index in [0.29, 0.717) is 16.1 Å². The summed E-state index contributed by atoms with van der Waals surface area (Å²) in [6.07, 6.45) is 2.94. The van der Waals surface area contributed by atoms with Gasteiger partial charge in [0.2, 0.25) is 0 Å². The van der Waals surface area contributed by atoms with Crippen LogP contribution in [-0.4, -0.2) is 21.0 Å². The number of aromatic carboxylic acids is 1. The topological polar surface area (TPSA) is 63.1 Å². The molecule has 0 saturated carbocycles. The fourth-order valence-corrected chi connectivity index (χ4v) is 1.42. The predicted molar refractivity (Wildman–Crippen MR) is 51.5 cm³/mol. The number of carboxylic acid groups (broad SMARTS) is 1. The second-order valence-corrected chi connectivity index (χ2v) is 3.12. The second-order valence-electron chi connectivity index (χ2n) is 2.68. The third kappa shape index (κ3) is 1.40. The SMILES string of the molecule is O=C(O)c1cc(Cl)cc2nccnc12. The van der Waals surface area contributed by atoms with E-state index in [1.54, 1.807) is 6.07 Å². The molecule has 1 aromatic heterocycles. The van der Waals surface area contributed by atoms with Crippen LogP contribution in [0.3, 0.4) is 0 Å². The summed E-state index contributed by atoms with van der Waals surface area (Å²) in [4.78, 5) is 18.8. The number of rotatable bonds is 1. The quantitative estimate of drug-likeness (QED) is 0.779. The summed E-state index contributed by atoms with van der Waals surface area (Å²) in [6.45, 7) is 0. The Hall–Kier alpha value is -1.68. The van der Waals surface area contributed by atoms with Gasteiger partial charge in [-0.2, -0.15) is 0 Å². The van der Waals surface area contributed by atoms with Crippen molar-refractivity contribution < 1.29 is 9.90 Å². The molecule has 1 N–H and O–H groups in total. The summed E-state index contributed by atoms with van der Waals surface area (Å²) in [5.41, 5.74) is 0.905. The van der Waals surface area contributed by atoms with Crippen LogP contribution in [0.2, 0.25) is 5.02 Å². The summed E-state index contributed by atoms with van der Waals surface area (Å²) in [5, 5.41) is 9.22. The summed E-state index contributed by atoms with van der Waals surface area (Å²) in [7, 11) is 0. The largest absolute Gasteiger partial charge is 0.478 e. The molecule has 0 aliphatic rings. The van der Waals surface area contributed by atoms with Gasteiger partial charge in [-0.1, -0.05) is 11.6 Å². The number of carboxylic acids is 1. The number of carbonyl (C=O) groups is 1. The van der Waals surface area contributed by atoms with Gasteiger partial charge in [0, 0.05) is 17.4 Å². The monoisotopic (exact) mass is 208 g/mol. The van der Waals surface area contributed by atoms with Crippen LogP contribution in [0, 0.1) is 0 Å². The number of aromatic nitrogens is 2. The van der Waals surface area contributed by atoms with Gasteiger partial charge in [-0.15, -0.1) is 0 Å². The Morgan fingerprint density at radius 2 is 2.00 bits per heavy atom. The highest BCUT2D eigenvalue weighted by atomic mass is 35.5. The van der Waals surface area contributed by atoms with Crippen molar-refractivity contribution in [2.45, 2.75) is 0 Å². The number of nitrogens with zero attached hydrogens (tertiary/aromatic N) is 2. The highest BCUT2D eigenvalue weighted by molar-refractivity contribution is 6.31. The highest BCUT2D eigenvalue weighted by Crippen LogP contribution is 2.20. The summed E-state index contributed by atoms with van der Waals surface area (Å²) < 4.78 is 0. The van der Waals surface area contributed by atoms with Crippen molar-refractivity contribution in [2.24, 2.45) is 0 Å². The van der Waals surface area contributed by atoms with Crippen molar-refractivity contribution in [1.29, 1.82) is 0 Å². The number of fused-ring (bicyclic) bond motifs is 1. The third-order valence-corrected chi connectivity index (χ3v) is 1.99.